The number of ether oxygens (including phenoxy) is 1. The Labute approximate surface area is 155 Å². The minimum atomic E-state index is -0.309. The van der Waals surface area contributed by atoms with E-state index >= 15 is 0 Å². The Kier molecular flexibility index (Phi) is 6.91. The van der Waals surface area contributed by atoms with Gasteiger partial charge in [0.05, 0.1) is 23.1 Å². The first-order valence-corrected chi connectivity index (χ1v) is 8.20. The zero-order chi connectivity index (χ0) is 18.2. The van der Waals surface area contributed by atoms with Crippen LogP contribution in [0.25, 0.3) is 0 Å². The highest BCUT2D eigenvalue weighted by Crippen LogP contribution is 2.26. The van der Waals surface area contributed by atoms with Gasteiger partial charge in [-0.1, -0.05) is 23.2 Å². The van der Waals surface area contributed by atoms with Crippen LogP contribution in [0, 0.1) is 0 Å². The van der Waals surface area contributed by atoms with Crippen LogP contribution in [0.2, 0.25) is 10.0 Å². The van der Waals surface area contributed by atoms with E-state index in [0.717, 1.165) is 0 Å². The van der Waals surface area contributed by atoms with E-state index in [-0.39, 0.29) is 25.0 Å². The summed E-state index contributed by atoms with van der Waals surface area (Å²) >= 11 is 11.7. The van der Waals surface area contributed by atoms with Crippen LogP contribution in [0.4, 0.5) is 16.2 Å². The molecule has 25 heavy (non-hydrogen) atoms. The summed E-state index contributed by atoms with van der Waals surface area (Å²) in [5.74, 6) is 0.360. The Morgan fingerprint density at radius 3 is 2.20 bits per heavy atom. The van der Waals surface area contributed by atoms with Gasteiger partial charge in [-0.3, -0.25) is 4.79 Å². The predicted octanol–water partition coefficient (Wildman–Crippen LogP) is 4.15. The van der Waals surface area contributed by atoms with Crippen LogP contribution < -0.4 is 20.7 Å². The average molecular weight is 382 g/mol. The number of rotatable bonds is 6. The molecule has 0 aliphatic heterocycles. The minimum Gasteiger partial charge on any atom is -0.493 e. The fourth-order valence-electron chi connectivity index (χ4n) is 1.88. The van der Waals surface area contributed by atoms with Crippen molar-refractivity contribution in [2.24, 2.45) is 0 Å². The van der Waals surface area contributed by atoms with Crippen LogP contribution in [0.15, 0.2) is 42.5 Å². The van der Waals surface area contributed by atoms with Gasteiger partial charge >= 0.3 is 6.03 Å². The zero-order valence-corrected chi connectivity index (χ0v) is 14.9. The van der Waals surface area contributed by atoms with E-state index in [9.17, 15) is 9.59 Å². The normalized spacial score (nSPS) is 10.0. The molecule has 2 aromatic carbocycles. The third-order valence-electron chi connectivity index (χ3n) is 3.14. The molecule has 0 saturated heterocycles. The SMILES string of the molecule is CNC(=O)Nc1ccc(NC(=O)CCOc2ccc(Cl)c(Cl)c2)cc1. The average Bonchev–Trinajstić information content (AvgIpc) is 2.59. The molecule has 0 aromatic heterocycles. The molecule has 0 aliphatic rings. The lowest BCUT2D eigenvalue weighted by molar-refractivity contribution is -0.116. The monoisotopic (exact) mass is 381 g/mol. The lowest BCUT2D eigenvalue weighted by Gasteiger charge is -2.09. The van der Waals surface area contributed by atoms with Crippen molar-refractivity contribution in [1.82, 2.24) is 5.32 Å². The Hall–Kier alpha value is -2.44. The summed E-state index contributed by atoms with van der Waals surface area (Å²) in [7, 11) is 1.53. The van der Waals surface area contributed by atoms with Crippen molar-refractivity contribution in [2.45, 2.75) is 6.42 Å². The third-order valence-corrected chi connectivity index (χ3v) is 3.88. The summed E-state index contributed by atoms with van der Waals surface area (Å²) in [5.41, 5.74) is 1.25. The van der Waals surface area contributed by atoms with Crippen LogP contribution in [0.5, 0.6) is 5.75 Å². The number of carbonyl (C=O) groups excluding carboxylic acids is 2. The van der Waals surface area contributed by atoms with Gasteiger partial charge in [0.15, 0.2) is 0 Å². The number of nitrogens with one attached hydrogen (secondary N) is 3. The second-order valence-electron chi connectivity index (χ2n) is 5.00. The first-order valence-electron chi connectivity index (χ1n) is 7.44. The number of urea groups is 1. The van der Waals surface area contributed by atoms with Crippen LogP contribution in [-0.2, 0) is 4.79 Å². The van der Waals surface area contributed by atoms with E-state index in [1.807, 2.05) is 0 Å². The highest BCUT2D eigenvalue weighted by Gasteiger charge is 2.05. The molecule has 0 atom stereocenters. The molecular formula is C17H17Cl2N3O3. The summed E-state index contributed by atoms with van der Waals surface area (Å²) in [6, 6.07) is 11.4. The number of benzene rings is 2. The molecule has 0 saturated carbocycles. The molecule has 0 radical (unpaired) electrons. The van der Waals surface area contributed by atoms with Crippen molar-refractivity contribution in [3.63, 3.8) is 0 Å². The molecule has 0 heterocycles. The largest absolute Gasteiger partial charge is 0.493 e. The molecule has 132 valence electrons. The van der Waals surface area contributed by atoms with Gasteiger partial charge < -0.3 is 20.7 Å². The number of anilines is 2. The van der Waals surface area contributed by atoms with Crippen LogP contribution in [0.3, 0.4) is 0 Å². The molecule has 2 aromatic rings. The molecular weight excluding hydrogens is 365 g/mol. The van der Waals surface area contributed by atoms with Crippen molar-refractivity contribution >= 4 is 46.5 Å². The molecule has 8 heteroatoms. The highest BCUT2D eigenvalue weighted by molar-refractivity contribution is 6.42. The van der Waals surface area contributed by atoms with Gasteiger partial charge in [0, 0.05) is 24.5 Å². The number of hydrogen-bond donors (Lipinski definition) is 3. The van der Waals surface area contributed by atoms with Crippen molar-refractivity contribution in [3.05, 3.63) is 52.5 Å². The van der Waals surface area contributed by atoms with Gasteiger partial charge in [-0.25, -0.2) is 4.79 Å². The van der Waals surface area contributed by atoms with Crippen molar-refractivity contribution < 1.29 is 14.3 Å². The van der Waals surface area contributed by atoms with E-state index in [4.69, 9.17) is 27.9 Å². The number of carbonyl (C=O) groups is 2. The van der Waals surface area contributed by atoms with Crippen LogP contribution >= 0.6 is 23.2 Å². The van der Waals surface area contributed by atoms with Gasteiger partial charge in [0.2, 0.25) is 5.91 Å². The van der Waals surface area contributed by atoms with Gasteiger partial charge in [-0.15, -0.1) is 0 Å². The van der Waals surface area contributed by atoms with Crippen molar-refractivity contribution in [3.8, 4) is 5.75 Å². The molecule has 0 unspecified atom stereocenters. The number of hydrogen-bond acceptors (Lipinski definition) is 3. The van der Waals surface area contributed by atoms with E-state index in [1.165, 1.54) is 7.05 Å². The first kappa shape index (κ1) is 18.9. The second-order valence-corrected chi connectivity index (χ2v) is 5.82. The molecule has 6 nitrogen and oxygen atoms in total. The van der Waals surface area contributed by atoms with Gasteiger partial charge in [0.25, 0.3) is 0 Å². The van der Waals surface area contributed by atoms with Gasteiger partial charge in [0.1, 0.15) is 5.75 Å². The smallest absolute Gasteiger partial charge is 0.318 e. The Balaban J connectivity index is 1.77. The third kappa shape index (κ3) is 6.17. The maximum atomic E-state index is 11.9. The fraction of sp³-hybridized carbons (Fsp3) is 0.176. The standard InChI is InChI=1S/C17H17Cl2N3O3/c1-20-17(24)22-12-4-2-11(3-5-12)21-16(23)8-9-25-13-6-7-14(18)15(19)10-13/h2-7,10H,8-9H2,1H3,(H,21,23)(H2,20,22,24). The van der Waals surface area contributed by atoms with Crippen LogP contribution in [-0.4, -0.2) is 25.6 Å². The van der Waals surface area contributed by atoms with E-state index in [1.54, 1.807) is 42.5 Å². The summed E-state index contributed by atoms with van der Waals surface area (Å²) in [6.07, 6.45) is 0.179. The molecule has 3 N–H and O–H groups in total. The molecule has 0 aliphatic carbocycles. The molecule has 0 spiro atoms. The fourth-order valence-corrected chi connectivity index (χ4v) is 2.17. The Morgan fingerprint density at radius 1 is 0.960 bits per heavy atom. The molecule has 3 amide bonds. The lowest BCUT2D eigenvalue weighted by atomic mass is 10.2. The van der Waals surface area contributed by atoms with E-state index in [0.29, 0.717) is 27.2 Å². The minimum absolute atomic E-state index is 0.179. The zero-order valence-electron chi connectivity index (χ0n) is 13.4. The lowest BCUT2D eigenvalue weighted by Crippen LogP contribution is -2.24. The number of halogens is 2. The second kappa shape index (κ2) is 9.15. The summed E-state index contributed by atoms with van der Waals surface area (Å²) in [5, 5.41) is 8.68. The van der Waals surface area contributed by atoms with Crippen molar-refractivity contribution in [1.29, 1.82) is 0 Å². The van der Waals surface area contributed by atoms with Crippen LogP contribution in [0.1, 0.15) is 6.42 Å². The summed E-state index contributed by atoms with van der Waals surface area (Å²) in [4.78, 5) is 23.1. The number of amides is 3. The topological polar surface area (TPSA) is 79.5 Å². The predicted molar refractivity (Wildman–Crippen MR) is 99.7 cm³/mol. The molecule has 2 rings (SSSR count). The maximum Gasteiger partial charge on any atom is 0.318 e. The van der Waals surface area contributed by atoms with E-state index in [2.05, 4.69) is 16.0 Å². The van der Waals surface area contributed by atoms with Crippen molar-refractivity contribution in [2.75, 3.05) is 24.3 Å². The Morgan fingerprint density at radius 2 is 1.60 bits per heavy atom. The summed E-state index contributed by atoms with van der Waals surface area (Å²) < 4.78 is 5.47. The van der Waals surface area contributed by atoms with Gasteiger partial charge in [-0.05, 0) is 36.4 Å². The first-order chi connectivity index (χ1) is 12.0. The van der Waals surface area contributed by atoms with Gasteiger partial charge in [-0.2, -0.15) is 0 Å². The highest BCUT2D eigenvalue weighted by atomic mass is 35.5. The van der Waals surface area contributed by atoms with E-state index < -0.39 is 0 Å². The molecule has 0 bridgehead atoms. The summed E-state index contributed by atoms with van der Waals surface area (Å²) in [6.45, 7) is 0.208. The maximum absolute atomic E-state index is 11.9. The molecule has 0 fully saturated rings. The Bertz CT molecular complexity index is 751. The quantitative estimate of drug-likeness (QED) is 0.702.